The summed E-state index contributed by atoms with van der Waals surface area (Å²) in [6.45, 7) is 6.80. The zero-order valence-corrected chi connectivity index (χ0v) is 13.0. The predicted molar refractivity (Wildman–Crippen MR) is 84.0 cm³/mol. The first kappa shape index (κ1) is 17.2. The van der Waals surface area contributed by atoms with Gasteiger partial charge in [0, 0.05) is 12.1 Å². The Labute approximate surface area is 126 Å². The zero-order chi connectivity index (χ0) is 15.8. The minimum Gasteiger partial charge on any atom is -0.354 e. The van der Waals surface area contributed by atoms with Crippen LogP contribution in [0.25, 0.3) is 0 Å². The number of rotatable bonds is 7. The third kappa shape index (κ3) is 5.55. The van der Waals surface area contributed by atoms with Crippen molar-refractivity contribution in [3.8, 4) is 0 Å². The van der Waals surface area contributed by atoms with Crippen molar-refractivity contribution in [2.24, 2.45) is 11.7 Å². The van der Waals surface area contributed by atoms with Crippen molar-refractivity contribution in [1.29, 1.82) is 0 Å². The molecule has 0 spiro atoms. The minimum absolute atomic E-state index is 0.173. The highest BCUT2D eigenvalue weighted by Gasteiger charge is 2.18. The normalized spacial score (nSPS) is 12.0. The first-order valence-electron chi connectivity index (χ1n) is 7.32. The van der Waals surface area contributed by atoms with Gasteiger partial charge in [0.15, 0.2) is 0 Å². The van der Waals surface area contributed by atoms with E-state index in [1.54, 1.807) is 19.1 Å². The summed E-state index contributed by atoms with van der Waals surface area (Å²) >= 11 is 0. The van der Waals surface area contributed by atoms with Crippen molar-refractivity contribution in [2.75, 3.05) is 13.1 Å². The molecule has 5 nitrogen and oxygen atoms in total. The summed E-state index contributed by atoms with van der Waals surface area (Å²) in [4.78, 5) is 24.1. The number of carbonyl (C=O) groups is 2. The van der Waals surface area contributed by atoms with Gasteiger partial charge in [0.1, 0.15) is 6.04 Å². The predicted octanol–water partition coefficient (Wildman–Crippen LogP) is 1.08. The van der Waals surface area contributed by atoms with Crippen LogP contribution in [0.5, 0.6) is 0 Å². The van der Waals surface area contributed by atoms with E-state index in [2.05, 4.69) is 10.6 Å². The highest BCUT2D eigenvalue weighted by molar-refractivity contribution is 5.98. The minimum atomic E-state index is -0.567. The van der Waals surface area contributed by atoms with Crippen molar-refractivity contribution in [3.63, 3.8) is 0 Å². The third-order valence-corrected chi connectivity index (χ3v) is 3.10. The van der Waals surface area contributed by atoms with Gasteiger partial charge in [-0.05, 0) is 37.4 Å². The Morgan fingerprint density at radius 3 is 2.48 bits per heavy atom. The van der Waals surface area contributed by atoms with Crippen LogP contribution in [-0.4, -0.2) is 30.9 Å². The fraction of sp³-hybridized carbons (Fsp3) is 0.500. The van der Waals surface area contributed by atoms with Crippen LogP contribution in [0.15, 0.2) is 24.3 Å². The lowest BCUT2D eigenvalue weighted by Crippen LogP contribution is -2.45. The van der Waals surface area contributed by atoms with E-state index in [-0.39, 0.29) is 11.8 Å². The number of hydrogen-bond acceptors (Lipinski definition) is 3. The van der Waals surface area contributed by atoms with E-state index in [9.17, 15) is 9.59 Å². The van der Waals surface area contributed by atoms with Gasteiger partial charge in [0.2, 0.25) is 5.91 Å². The molecule has 1 aromatic rings. The van der Waals surface area contributed by atoms with Gasteiger partial charge < -0.3 is 16.4 Å². The molecule has 4 N–H and O–H groups in total. The smallest absolute Gasteiger partial charge is 0.252 e. The molecule has 116 valence electrons. The summed E-state index contributed by atoms with van der Waals surface area (Å²) in [5.74, 6) is -0.0401. The Morgan fingerprint density at radius 2 is 1.86 bits per heavy atom. The van der Waals surface area contributed by atoms with Crippen LogP contribution < -0.4 is 16.4 Å². The second kappa shape index (κ2) is 8.42. The Balaban J connectivity index is 2.66. The van der Waals surface area contributed by atoms with Crippen molar-refractivity contribution in [1.82, 2.24) is 10.6 Å². The summed E-state index contributed by atoms with van der Waals surface area (Å²) in [6, 6.07) is 6.74. The average molecular weight is 291 g/mol. The van der Waals surface area contributed by atoms with Crippen LogP contribution in [0.1, 0.15) is 36.7 Å². The number of nitrogens with one attached hydrogen (secondary N) is 2. The first-order chi connectivity index (χ1) is 9.95. The van der Waals surface area contributed by atoms with Gasteiger partial charge in [0.25, 0.3) is 5.91 Å². The van der Waals surface area contributed by atoms with Crippen LogP contribution in [0.4, 0.5) is 0 Å². The average Bonchev–Trinajstić information content (AvgIpc) is 2.45. The van der Waals surface area contributed by atoms with E-state index in [1.165, 1.54) is 0 Å². The summed E-state index contributed by atoms with van der Waals surface area (Å²) < 4.78 is 0. The number of amides is 2. The first-order valence-corrected chi connectivity index (χ1v) is 7.32. The quantitative estimate of drug-likeness (QED) is 0.703. The van der Waals surface area contributed by atoms with Crippen LogP contribution >= 0.6 is 0 Å². The molecule has 1 atom stereocenters. The Bertz CT molecular complexity index is 486. The molecule has 0 radical (unpaired) electrons. The molecule has 0 aromatic heterocycles. The summed E-state index contributed by atoms with van der Waals surface area (Å²) in [5, 5.41) is 5.53. The summed E-state index contributed by atoms with van der Waals surface area (Å²) in [6.07, 6.45) is 0.636. The van der Waals surface area contributed by atoms with Crippen molar-refractivity contribution in [3.05, 3.63) is 35.4 Å². The molecule has 21 heavy (non-hydrogen) atoms. The lowest BCUT2D eigenvalue weighted by Gasteiger charge is -2.16. The Morgan fingerprint density at radius 1 is 1.19 bits per heavy atom. The number of hydrogen-bond donors (Lipinski definition) is 3. The molecule has 0 bridgehead atoms. The second-order valence-corrected chi connectivity index (χ2v) is 5.53. The van der Waals surface area contributed by atoms with Crippen LogP contribution in [0.3, 0.4) is 0 Å². The van der Waals surface area contributed by atoms with E-state index in [0.717, 1.165) is 5.56 Å². The SMILES string of the molecule is CC(C)CNC(=O)C(C)NC(=O)c1ccccc1CCN. The summed E-state index contributed by atoms with van der Waals surface area (Å²) in [7, 11) is 0. The highest BCUT2D eigenvalue weighted by atomic mass is 16.2. The van der Waals surface area contributed by atoms with Crippen molar-refractivity contribution >= 4 is 11.8 Å². The molecule has 1 rings (SSSR count). The van der Waals surface area contributed by atoms with Crippen LogP contribution in [-0.2, 0) is 11.2 Å². The molecule has 0 fully saturated rings. The molecule has 0 saturated carbocycles. The van der Waals surface area contributed by atoms with Gasteiger partial charge in [-0.1, -0.05) is 32.0 Å². The van der Waals surface area contributed by atoms with E-state index in [0.29, 0.717) is 31.0 Å². The van der Waals surface area contributed by atoms with Crippen molar-refractivity contribution < 1.29 is 9.59 Å². The lowest BCUT2D eigenvalue weighted by molar-refractivity contribution is -0.122. The summed E-state index contributed by atoms with van der Waals surface area (Å²) in [5.41, 5.74) is 7.02. The third-order valence-electron chi connectivity index (χ3n) is 3.10. The largest absolute Gasteiger partial charge is 0.354 e. The van der Waals surface area contributed by atoms with Gasteiger partial charge in [-0.25, -0.2) is 0 Å². The molecule has 0 saturated heterocycles. The van der Waals surface area contributed by atoms with Gasteiger partial charge in [-0.2, -0.15) is 0 Å². The molecule has 5 heteroatoms. The van der Waals surface area contributed by atoms with Crippen LogP contribution in [0, 0.1) is 5.92 Å². The van der Waals surface area contributed by atoms with Gasteiger partial charge in [0.05, 0.1) is 0 Å². The maximum absolute atomic E-state index is 12.3. The molecule has 0 aliphatic rings. The molecular formula is C16H25N3O2. The number of benzene rings is 1. The van der Waals surface area contributed by atoms with E-state index < -0.39 is 6.04 Å². The van der Waals surface area contributed by atoms with Gasteiger partial charge in [-0.3, -0.25) is 9.59 Å². The Hall–Kier alpha value is -1.88. The molecule has 0 aliphatic carbocycles. The molecule has 0 aliphatic heterocycles. The number of nitrogens with two attached hydrogens (primary N) is 1. The number of carbonyl (C=O) groups excluding carboxylic acids is 2. The second-order valence-electron chi connectivity index (χ2n) is 5.53. The van der Waals surface area contributed by atoms with Crippen molar-refractivity contribution in [2.45, 2.75) is 33.2 Å². The maximum Gasteiger partial charge on any atom is 0.252 e. The molecular weight excluding hydrogens is 266 g/mol. The standard InChI is InChI=1S/C16H25N3O2/c1-11(2)10-18-15(20)12(3)19-16(21)14-7-5-4-6-13(14)8-9-17/h4-7,11-12H,8-10,17H2,1-3H3,(H,18,20)(H,19,21). The molecule has 1 aromatic carbocycles. The fourth-order valence-electron chi connectivity index (χ4n) is 1.91. The molecule has 0 heterocycles. The van der Waals surface area contributed by atoms with Gasteiger partial charge >= 0.3 is 0 Å². The van der Waals surface area contributed by atoms with E-state index in [1.807, 2.05) is 26.0 Å². The molecule has 2 amide bonds. The Kier molecular flexibility index (Phi) is 6.88. The van der Waals surface area contributed by atoms with E-state index >= 15 is 0 Å². The topological polar surface area (TPSA) is 84.2 Å². The highest BCUT2D eigenvalue weighted by Crippen LogP contribution is 2.09. The monoisotopic (exact) mass is 291 g/mol. The van der Waals surface area contributed by atoms with Gasteiger partial charge in [-0.15, -0.1) is 0 Å². The fourth-order valence-corrected chi connectivity index (χ4v) is 1.91. The van der Waals surface area contributed by atoms with E-state index in [4.69, 9.17) is 5.73 Å². The zero-order valence-electron chi connectivity index (χ0n) is 13.0. The van der Waals surface area contributed by atoms with Crippen LogP contribution in [0.2, 0.25) is 0 Å². The maximum atomic E-state index is 12.3. The lowest BCUT2D eigenvalue weighted by atomic mass is 10.0. The molecule has 1 unspecified atom stereocenters.